The first-order valence-corrected chi connectivity index (χ1v) is 7.75. The predicted octanol–water partition coefficient (Wildman–Crippen LogP) is 4.42. The number of hydrogen-bond donors (Lipinski definition) is 1. The van der Waals surface area contributed by atoms with Gasteiger partial charge in [-0.05, 0) is 25.0 Å². The van der Waals surface area contributed by atoms with Crippen LogP contribution in [0.3, 0.4) is 0 Å². The number of ether oxygens (including phenoxy) is 1. The summed E-state index contributed by atoms with van der Waals surface area (Å²) in [6.07, 6.45) is 7.31. The minimum absolute atomic E-state index is 0.171. The lowest BCUT2D eigenvalue weighted by Gasteiger charge is -2.56. The van der Waals surface area contributed by atoms with Crippen molar-refractivity contribution in [1.82, 2.24) is 0 Å². The van der Waals surface area contributed by atoms with Gasteiger partial charge in [-0.3, -0.25) is 0 Å². The van der Waals surface area contributed by atoms with Gasteiger partial charge in [-0.1, -0.05) is 42.5 Å². The lowest BCUT2D eigenvalue weighted by molar-refractivity contribution is -0.0897. The Kier molecular flexibility index (Phi) is 3.67. The topological polar surface area (TPSA) is 35.2 Å². The van der Waals surface area contributed by atoms with Crippen molar-refractivity contribution in [2.24, 2.45) is 11.1 Å². The molecule has 0 saturated heterocycles. The molecule has 2 aliphatic rings. The highest BCUT2D eigenvalue weighted by Crippen LogP contribution is 2.52. The van der Waals surface area contributed by atoms with Crippen molar-refractivity contribution in [1.29, 1.82) is 0 Å². The molecule has 0 radical (unpaired) electrons. The van der Waals surface area contributed by atoms with Crippen LogP contribution in [0.5, 0.6) is 5.75 Å². The zero-order valence-corrected chi connectivity index (χ0v) is 12.4. The van der Waals surface area contributed by atoms with E-state index in [1.165, 1.54) is 32.1 Å². The Hall–Kier alpha value is -0.440. The average molecular weight is 300 g/mol. The Morgan fingerprint density at radius 3 is 2.58 bits per heavy atom. The second kappa shape index (κ2) is 5.16. The van der Waals surface area contributed by atoms with Crippen molar-refractivity contribution in [3.63, 3.8) is 0 Å². The summed E-state index contributed by atoms with van der Waals surface area (Å²) in [7, 11) is 0. The summed E-state index contributed by atoms with van der Waals surface area (Å²) in [5, 5.41) is 1.27. The van der Waals surface area contributed by atoms with E-state index in [0.29, 0.717) is 15.8 Å². The Morgan fingerprint density at radius 1 is 1.16 bits per heavy atom. The molecule has 2 aliphatic carbocycles. The van der Waals surface area contributed by atoms with Crippen LogP contribution in [0.25, 0.3) is 0 Å². The number of rotatable bonds is 2. The fourth-order valence-electron chi connectivity index (χ4n) is 3.57. The second-order valence-electron chi connectivity index (χ2n) is 5.82. The van der Waals surface area contributed by atoms with Crippen molar-refractivity contribution >= 4 is 23.2 Å². The fourth-order valence-corrected chi connectivity index (χ4v) is 3.89. The van der Waals surface area contributed by atoms with Crippen LogP contribution in [-0.2, 0) is 0 Å². The monoisotopic (exact) mass is 299 g/mol. The third kappa shape index (κ3) is 2.35. The molecule has 1 aromatic carbocycles. The quantitative estimate of drug-likeness (QED) is 0.877. The highest BCUT2D eigenvalue weighted by Gasteiger charge is 2.55. The van der Waals surface area contributed by atoms with Gasteiger partial charge >= 0.3 is 0 Å². The molecule has 2 atom stereocenters. The zero-order chi connectivity index (χ0) is 13.5. The maximum Gasteiger partial charge on any atom is 0.139 e. The summed E-state index contributed by atoms with van der Waals surface area (Å²) >= 11 is 12.2. The number of halogens is 2. The molecule has 2 nitrogen and oxygen atoms in total. The number of benzene rings is 1. The molecular weight excluding hydrogens is 281 g/mol. The van der Waals surface area contributed by atoms with Gasteiger partial charge in [-0.15, -0.1) is 0 Å². The van der Waals surface area contributed by atoms with Crippen LogP contribution >= 0.6 is 23.2 Å². The standard InChI is InChI=1S/C15H19Cl2NO/c16-10-4-5-11(17)12(8-10)19-14-9-13(18)15(14)6-2-1-3-7-15/h4-5,8,13-14H,1-3,6-7,9,18H2. The Balaban J connectivity index is 1.78. The largest absolute Gasteiger partial charge is 0.488 e. The molecule has 1 aromatic rings. The van der Waals surface area contributed by atoms with E-state index in [9.17, 15) is 0 Å². The van der Waals surface area contributed by atoms with Crippen molar-refractivity contribution in [2.45, 2.75) is 50.7 Å². The smallest absolute Gasteiger partial charge is 0.139 e. The molecule has 0 amide bonds. The van der Waals surface area contributed by atoms with E-state index in [1.807, 2.05) is 0 Å². The van der Waals surface area contributed by atoms with Crippen LogP contribution in [0.15, 0.2) is 18.2 Å². The SMILES string of the molecule is NC1CC(Oc2cc(Cl)ccc2Cl)C12CCCCC2. The molecule has 1 spiro atoms. The second-order valence-corrected chi connectivity index (χ2v) is 6.66. The average Bonchev–Trinajstić information content (AvgIpc) is 2.43. The molecule has 0 aliphatic heterocycles. The molecule has 2 unspecified atom stereocenters. The Morgan fingerprint density at radius 2 is 1.89 bits per heavy atom. The lowest BCUT2D eigenvalue weighted by Crippen LogP contribution is -2.64. The van der Waals surface area contributed by atoms with Gasteiger partial charge in [0.2, 0.25) is 0 Å². The molecule has 2 saturated carbocycles. The van der Waals surface area contributed by atoms with Crippen LogP contribution in [0.2, 0.25) is 10.0 Å². The van der Waals surface area contributed by atoms with Crippen molar-refractivity contribution in [2.75, 3.05) is 0 Å². The van der Waals surface area contributed by atoms with Crippen molar-refractivity contribution in [3.05, 3.63) is 28.2 Å². The van der Waals surface area contributed by atoms with Gasteiger partial charge in [0.15, 0.2) is 0 Å². The molecule has 3 rings (SSSR count). The molecule has 0 aromatic heterocycles. The first kappa shape index (κ1) is 13.5. The van der Waals surface area contributed by atoms with Gasteiger partial charge in [0, 0.05) is 29.0 Å². The van der Waals surface area contributed by atoms with Crippen LogP contribution in [0, 0.1) is 5.41 Å². The van der Waals surface area contributed by atoms with Crippen LogP contribution in [-0.4, -0.2) is 12.1 Å². The first-order valence-electron chi connectivity index (χ1n) is 6.99. The van der Waals surface area contributed by atoms with Gasteiger partial charge < -0.3 is 10.5 Å². The summed E-state index contributed by atoms with van der Waals surface area (Å²) in [5.74, 6) is 0.691. The van der Waals surface area contributed by atoms with E-state index in [1.54, 1.807) is 18.2 Å². The van der Waals surface area contributed by atoms with Gasteiger partial charge in [-0.2, -0.15) is 0 Å². The van der Waals surface area contributed by atoms with E-state index < -0.39 is 0 Å². The molecule has 104 valence electrons. The fraction of sp³-hybridized carbons (Fsp3) is 0.600. The highest BCUT2D eigenvalue weighted by molar-refractivity contribution is 6.34. The molecule has 19 heavy (non-hydrogen) atoms. The van der Waals surface area contributed by atoms with E-state index in [2.05, 4.69) is 0 Å². The summed E-state index contributed by atoms with van der Waals surface area (Å²) in [6.45, 7) is 0. The third-order valence-corrected chi connectivity index (χ3v) is 5.34. The van der Waals surface area contributed by atoms with E-state index in [-0.39, 0.29) is 17.6 Å². The van der Waals surface area contributed by atoms with E-state index in [4.69, 9.17) is 33.7 Å². The predicted molar refractivity (Wildman–Crippen MR) is 79.0 cm³/mol. The maximum absolute atomic E-state index is 6.26. The van der Waals surface area contributed by atoms with Gasteiger partial charge in [0.05, 0.1) is 5.02 Å². The molecule has 0 bridgehead atoms. The third-order valence-electron chi connectivity index (χ3n) is 4.79. The molecule has 0 heterocycles. The van der Waals surface area contributed by atoms with Gasteiger partial charge in [0.25, 0.3) is 0 Å². The van der Waals surface area contributed by atoms with Crippen molar-refractivity contribution in [3.8, 4) is 5.75 Å². The van der Waals surface area contributed by atoms with Crippen molar-refractivity contribution < 1.29 is 4.74 Å². The van der Waals surface area contributed by atoms with E-state index >= 15 is 0 Å². The van der Waals surface area contributed by atoms with Crippen LogP contribution < -0.4 is 10.5 Å². The minimum atomic E-state index is 0.171. The molecule has 4 heteroatoms. The lowest BCUT2D eigenvalue weighted by atomic mass is 9.55. The summed E-state index contributed by atoms with van der Waals surface area (Å²) in [5.41, 5.74) is 6.43. The number of nitrogens with two attached hydrogens (primary N) is 1. The molecular formula is C15H19Cl2NO. The zero-order valence-electron chi connectivity index (χ0n) is 10.9. The van der Waals surface area contributed by atoms with Crippen LogP contribution in [0.1, 0.15) is 38.5 Å². The maximum atomic E-state index is 6.26. The van der Waals surface area contributed by atoms with Gasteiger partial charge in [-0.25, -0.2) is 0 Å². The summed E-state index contributed by atoms with van der Waals surface area (Å²) < 4.78 is 6.13. The molecule has 2 fully saturated rings. The summed E-state index contributed by atoms with van der Waals surface area (Å²) in [4.78, 5) is 0. The van der Waals surface area contributed by atoms with Crippen LogP contribution in [0.4, 0.5) is 0 Å². The van der Waals surface area contributed by atoms with E-state index in [0.717, 1.165) is 6.42 Å². The van der Waals surface area contributed by atoms with Gasteiger partial charge in [0.1, 0.15) is 11.9 Å². The summed E-state index contributed by atoms with van der Waals surface area (Å²) in [6, 6.07) is 5.63. The Labute approximate surface area is 124 Å². The normalized spacial score (nSPS) is 29.0. The molecule has 2 N–H and O–H groups in total. The highest BCUT2D eigenvalue weighted by atomic mass is 35.5. The minimum Gasteiger partial charge on any atom is -0.488 e. The number of hydrogen-bond acceptors (Lipinski definition) is 2. The first-order chi connectivity index (χ1) is 9.12. The Bertz CT molecular complexity index is 471.